The highest BCUT2D eigenvalue weighted by molar-refractivity contribution is 6.28. The SMILES string of the molecule is CC(C)(C)CCC(c1ccc(C=O)cc1)N1C(=O)C=NC12CCC(C(C)(C)C)CC2.CC(C)O. The number of hydrogen-bond acceptors (Lipinski definition) is 4. The third-order valence-electron chi connectivity index (χ3n) is 7.05. The first-order chi connectivity index (χ1) is 15.7. The van der Waals surface area contributed by atoms with Crippen molar-refractivity contribution in [1.82, 2.24) is 4.90 Å². The van der Waals surface area contributed by atoms with Crippen LogP contribution in [0, 0.1) is 16.7 Å². The van der Waals surface area contributed by atoms with Gasteiger partial charge in [-0.3, -0.25) is 14.6 Å². The molecule has 190 valence electrons. The highest BCUT2D eigenvalue weighted by Crippen LogP contribution is 2.49. The molecule has 34 heavy (non-hydrogen) atoms. The van der Waals surface area contributed by atoms with E-state index in [1.807, 2.05) is 24.3 Å². The molecule has 2 aliphatic rings. The summed E-state index contributed by atoms with van der Waals surface area (Å²) in [6.45, 7) is 17.1. The van der Waals surface area contributed by atoms with Gasteiger partial charge in [0.25, 0.3) is 5.91 Å². The maximum absolute atomic E-state index is 13.1. The molecule has 0 saturated heterocycles. The van der Waals surface area contributed by atoms with Gasteiger partial charge in [0.15, 0.2) is 0 Å². The number of aliphatic hydroxyl groups excluding tert-OH is 1. The molecule has 5 heteroatoms. The van der Waals surface area contributed by atoms with E-state index in [9.17, 15) is 9.59 Å². The van der Waals surface area contributed by atoms with Crippen molar-refractivity contribution in [1.29, 1.82) is 0 Å². The van der Waals surface area contributed by atoms with Gasteiger partial charge in [0, 0.05) is 11.7 Å². The Hall–Kier alpha value is -2.01. The number of amides is 1. The number of carbonyl (C=O) groups excluding carboxylic acids is 2. The summed E-state index contributed by atoms with van der Waals surface area (Å²) >= 11 is 0. The van der Waals surface area contributed by atoms with Crippen LogP contribution in [0.4, 0.5) is 0 Å². The quantitative estimate of drug-likeness (QED) is 0.493. The second kappa shape index (κ2) is 11.2. The van der Waals surface area contributed by atoms with Gasteiger partial charge < -0.3 is 10.0 Å². The number of aldehydes is 1. The predicted molar refractivity (Wildman–Crippen MR) is 140 cm³/mol. The molecular weight excluding hydrogens is 424 g/mol. The smallest absolute Gasteiger partial charge is 0.267 e. The first kappa shape index (κ1) is 28.2. The normalized spacial score (nSPS) is 23.8. The third kappa shape index (κ3) is 7.49. The average molecular weight is 471 g/mol. The lowest BCUT2D eigenvalue weighted by Crippen LogP contribution is -2.51. The summed E-state index contributed by atoms with van der Waals surface area (Å²) in [6.07, 6.45) is 8.21. The fraction of sp³-hybridized carbons (Fsp3) is 0.690. The molecule has 1 spiro atoms. The molecule has 1 aromatic rings. The number of nitrogens with zero attached hydrogens (tertiary/aromatic N) is 2. The van der Waals surface area contributed by atoms with Crippen LogP contribution in [-0.2, 0) is 4.79 Å². The maximum Gasteiger partial charge on any atom is 0.267 e. The van der Waals surface area contributed by atoms with Gasteiger partial charge in [-0.25, -0.2) is 0 Å². The number of aliphatic hydroxyl groups is 1. The minimum absolute atomic E-state index is 0.0221. The lowest BCUT2D eigenvalue weighted by molar-refractivity contribution is -0.133. The molecule has 3 rings (SSSR count). The first-order valence-corrected chi connectivity index (χ1v) is 12.8. The molecule has 1 heterocycles. The van der Waals surface area contributed by atoms with Gasteiger partial charge in [-0.2, -0.15) is 0 Å². The molecule has 1 aromatic carbocycles. The van der Waals surface area contributed by atoms with Crippen LogP contribution in [0.15, 0.2) is 29.3 Å². The number of benzene rings is 1. The Morgan fingerprint density at radius 2 is 1.62 bits per heavy atom. The molecule has 1 saturated carbocycles. The van der Waals surface area contributed by atoms with Crippen LogP contribution in [0.3, 0.4) is 0 Å². The van der Waals surface area contributed by atoms with Gasteiger partial charge in [0.2, 0.25) is 0 Å². The fourth-order valence-electron chi connectivity index (χ4n) is 5.08. The van der Waals surface area contributed by atoms with Crippen LogP contribution in [0.2, 0.25) is 0 Å². The number of aliphatic imine (C=N–C) groups is 1. The lowest BCUT2D eigenvalue weighted by Gasteiger charge is -2.48. The van der Waals surface area contributed by atoms with Gasteiger partial charge in [-0.1, -0.05) is 65.8 Å². The molecular formula is C29H46N2O3. The summed E-state index contributed by atoms with van der Waals surface area (Å²) in [5.41, 5.74) is 1.82. The standard InChI is InChI=1S/C26H38N2O2.C3H8O/c1-24(2,3)14-13-22(20-9-7-19(18-29)8-10-20)28-23(30)17-27-26(28)15-11-21(12-16-26)25(4,5)6;1-3(2)4/h7-10,17-18,21-22H,11-16H2,1-6H3;3-4H,1-2H3. The molecule has 1 aliphatic carbocycles. The Morgan fingerprint density at radius 1 is 1.09 bits per heavy atom. The molecule has 0 aromatic heterocycles. The van der Waals surface area contributed by atoms with Crippen molar-refractivity contribution in [3.05, 3.63) is 35.4 Å². The van der Waals surface area contributed by atoms with E-state index < -0.39 is 5.66 Å². The van der Waals surface area contributed by atoms with E-state index >= 15 is 0 Å². The zero-order valence-electron chi connectivity index (χ0n) is 22.6. The minimum atomic E-state index is -0.412. The summed E-state index contributed by atoms with van der Waals surface area (Å²) in [5.74, 6) is 0.693. The van der Waals surface area contributed by atoms with Crippen LogP contribution in [0.5, 0.6) is 0 Å². The monoisotopic (exact) mass is 470 g/mol. The van der Waals surface area contributed by atoms with E-state index in [-0.39, 0.29) is 28.9 Å². The molecule has 0 radical (unpaired) electrons. The van der Waals surface area contributed by atoms with E-state index in [4.69, 9.17) is 10.1 Å². The molecule has 1 aliphatic heterocycles. The molecule has 1 atom stereocenters. The van der Waals surface area contributed by atoms with Crippen molar-refractivity contribution in [2.24, 2.45) is 21.7 Å². The van der Waals surface area contributed by atoms with Gasteiger partial charge in [0.05, 0.1) is 12.3 Å². The Balaban J connectivity index is 0.000000945. The summed E-state index contributed by atoms with van der Waals surface area (Å²) in [5, 5.41) is 8.06. The highest BCUT2D eigenvalue weighted by atomic mass is 16.3. The fourth-order valence-corrected chi connectivity index (χ4v) is 5.08. The molecule has 1 amide bonds. The van der Waals surface area contributed by atoms with Crippen molar-refractivity contribution < 1.29 is 14.7 Å². The van der Waals surface area contributed by atoms with E-state index in [1.165, 1.54) is 0 Å². The Bertz CT molecular complexity index is 833. The lowest BCUT2D eigenvalue weighted by atomic mass is 9.69. The zero-order chi connectivity index (χ0) is 25.7. The second-order valence-electron chi connectivity index (χ2n) is 12.6. The predicted octanol–water partition coefficient (Wildman–Crippen LogP) is 6.60. The topological polar surface area (TPSA) is 70.0 Å². The van der Waals surface area contributed by atoms with Gasteiger partial charge >= 0.3 is 0 Å². The van der Waals surface area contributed by atoms with Crippen LogP contribution in [0.1, 0.15) is 116 Å². The molecule has 0 bridgehead atoms. The minimum Gasteiger partial charge on any atom is -0.394 e. The van der Waals surface area contributed by atoms with Crippen LogP contribution >= 0.6 is 0 Å². The summed E-state index contributed by atoms with van der Waals surface area (Å²) in [4.78, 5) is 31.1. The van der Waals surface area contributed by atoms with E-state index in [0.717, 1.165) is 50.4 Å². The van der Waals surface area contributed by atoms with E-state index in [0.29, 0.717) is 11.5 Å². The van der Waals surface area contributed by atoms with Crippen LogP contribution in [-0.4, -0.2) is 40.2 Å². The van der Waals surface area contributed by atoms with Crippen molar-refractivity contribution in [2.75, 3.05) is 0 Å². The van der Waals surface area contributed by atoms with Gasteiger partial charge in [-0.05, 0) is 74.7 Å². The van der Waals surface area contributed by atoms with Gasteiger partial charge in [0.1, 0.15) is 11.9 Å². The molecule has 5 nitrogen and oxygen atoms in total. The zero-order valence-corrected chi connectivity index (χ0v) is 22.6. The van der Waals surface area contributed by atoms with E-state index in [2.05, 4.69) is 46.4 Å². The van der Waals surface area contributed by atoms with E-state index in [1.54, 1.807) is 20.1 Å². The highest BCUT2D eigenvalue weighted by Gasteiger charge is 2.49. The second-order valence-corrected chi connectivity index (χ2v) is 12.6. The molecule has 1 fully saturated rings. The average Bonchev–Trinajstić information content (AvgIpc) is 3.03. The van der Waals surface area contributed by atoms with Crippen molar-refractivity contribution in [3.8, 4) is 0 Å². The molecule has 1 unspecified atom stereocenters. The number of hydrogen-bond donors (Lipinski definition) is 1. The number of carbonyl (C=O) groups is 2. The largest absolute Gasteiger partial charge is 0.394 e. The Kier molecular flexibility index (Phi) is 9.26. The van der Waals surface area contributed by atoms with Gasteiger partial charge in [-0.15, -0.1) is 0 Å². The summed E-state index contributed by atoms with van der Waals surface area (Å²) < 4.78 is 0. The Labute approximate surface area is 207 Å². The number of rotatable bonds is 5. The van der Waals surface area contributed by atoms with Crippen molar-refractivity contribution in [2.45, 2.75) is 112 Å². The first-order valence-electron chi connectivity index (χ1n) is 12.8. The van der Waals surface area contributed by atoms with Crippen molar-refractivity contribution >= 4 is 18.4 Å². The summed E-state index contributed by atoms with van der Waals surface area (Å²) in [6, 6.07) is 7.72. The van der Waals surface area contributed by atoms with Crippen molar-refractivity contribution in [3.63, 3.8) is 0 Å². The Morgan fingerprint density at radius 3 is 2.06 bits per heavy atom. The summed E-state index contributed by atoms with van der Waals surface area (Å²) in [7, 11) is 0. The third-order valence-corrected chi connectivity index (χ3v) is 7.05. The van der Waals surface area contributed by atoms with Crippen LogP contribution < -0.4 is 0 Å². The maximum atomic E-state index is 13.1. The molecule has 1 N–H and O–H groups in total. The van der Waals surface area contributed by atoms with Crippen LogP contribution in [0.25, 0.3) is 0 Å².